The van der Waals surface area contributed by atoms with Crippen molar-refractivity contribution in [2.75, 3.05) is 13.2 Å². The molecule has 18 heavy (non-hydrogen) atoms. The number of hydrogen-bond acceptors (Lipinski definition) is 4. The zero-order chi connectivity index (χ0) is 12.6. The predicted molar refractivity (Wildman–Crippen MR) is 64.4 cm³/mol. The summed E-state index contributed by atoms with van der Waals surface area (Å²) < 4.78 is 16.7. The highest BCUT2D eigenvalue weighted by atomic mass is 16.7. The largest absolute Gasteiger partial charge is 0.426 e. The lowest BCUT2D eigenvalue weighted by molar-refractivity contribution is -0.164. The van der Waals surface area contributed by atoms with Gasteiger partial charge in [0.15, 0.2) is 5.79 Å². The molecule has 0 N–H and O–H groups in total. The maximum Gasteiger partial charge on any atom is 0.308 e. The molecule has 1 spiro atoms. The van der Waals surface area contributed by atoms with E-state index < -0.39 is 5.79 Å². The Balaban J connectivity index is 2.05. The Kier molecular flexibility index (Phi) is 2.69. The Hall–Kier alpha value is -1.65. The molecule has 1 heterocycles. The van der Waals surface area contributed by atoms with Crippen LogP contribution < -0.4 is 0 Å². The second-order valence-electron chi connectivity index (χ2n) is 4.36. The lowest BCUT2D eigenvalue weighted by Gasteiger charge is -2.32. The number of hydrogen-bond donors (Lipinski definition) is 0. The first-order valence-corrected chi connectivity index (χ1v) is 5.98. The molecule has 2 aliphatic rings. The van der Waals surface area contributed by atoms with Gasteiger partial charge in [0, 0.05) is 24.5 Å². The summed E-state index contributed by atoms with van der Waals surface area (Å²) in [6.07, 6.45) is 2.42. The van der Waals surface area contributed by atoms with Crippen molar-refractivity contribution in [1.82, 2.24) is 0 Å². The zero-order valence-corrected chi connectivity index (χ0v) is 10.1. The minimum atomic E-state index is -0.694. The van der Waals surface area contributed by atoms with Gasteiger partial charge >= 0.3 is 5.97 Å². The number of rotatable bonds is 1. The van der Waals surface area contributed by atoms with Crippen molar-refractivity contribution < 1.29 is 19.0 Å². The Bertz CT molecular complexity index is 512. The van der Waals surface area contributed by atoms with E-state index in [1.165, 1.54) is 6.92 Å². The Morgan fingerprint density at radius 1 is 1.28 bits per heavy atom. The van der Waals surface area contributed by atoms with Crippen LogP contribution in [0.2, 0.25) is 0 Å². The molecule has 3 rings (SSSR count). The molecule has 1 saturated heterocycles. The topological polar surface area (TPSA) is 44.8 Å². The third-order valence-electron chi connectivity index (χ3n) is 3.17. The summed E-state index contributed by atoms with van der Waals surface area (Å²) in [7, 11) is 0. The van der Waals surface area contributed by atoms with Gasteiger partial charge in [0.1, 0.15) is 5.76 Å². The van der Waals surface area contributed by atoms with Gasteiger partial charge in [0.05, 0.1) is 13.2 Å². The van der Waals surface area contributed by atoms with Crippen molar-refractivity contribution in [1.29, 1.82) is 0 Å². The van der Waals surface area contributed by atoms with E-state index >= 15 is 0 Å². The number of carbonyl (C=O) groups excluding carboxylic acids is 1. The summed E-state index contributed by atoms with van der Waals surface area (Å²) in [5, 5.41) is 0. The van der Waals surface area contributed by atoms with Gasteiger partial charge in [-0.05, 0) is 6.08 Å². The molecular formula is C14H14O4. The van der Waals surface area contributed by atoms with Crippen LogP contribution >= 0.6 is 0 Å². The lowest BCUT2D eigenvalue weighted by atomic mass is 9.90. The molecule has 1 aromatic carbocycles. The SMILES string of the molecule is CC(=O)OC1=CCC2(OCCO2)c2ccccc21. The van der Waals surface area contributed by atoms with Crippen molar-refractivity contribution in [2.24, 2.45) is 0 Å². The fraction of sp³-hybridized carbons (Fsp3) is 0.357. The second-order valence-corrected chi connectivity index (χ2v) is 4.36. The minimum absolute atomic E-state index is 0.319. The molecule has 1 aromatic rings. The van der Waals surface area contributed by atoms with Gasteiger partial charge in [-0.15, -0.1) is 0 Å². The van der Waals surface area contributed by atoms with E-state index in [0.717, 1.165) is 11.1 Å². The molecule has 0 radical (unpaired) electrons. The van der Waals surface area contributed by atoms with E-state index in [9.17, 15) is 4.79 Å². The summed E-state index contributed by atoms with van der Waals surface area (Å²) >= 11 is 0. The average Bonchev–Trinajstić information content (AvgIpc) is 2.83. The van der Waals surface area contributed by atoms with Crippen LogP contribution in [0.15, 0.2) is 30.3 Å². The highest BCUT2D eigenvalue weighted by Gasteiger charge is 2.42. The van der Waals surface area contributed by atoms with E-state index in [-0.39, 0.29) is 5.97 Å². The molecule has 1 fully saturated rings. The first-order valence-electron chi connectivity index (χ1n) is 5.98. The van der Waals surface area contributed by atoms with Crippen molar-refractivity contribution in [3.63, 3.8) is 0 Å². The summed E-state index contributed by atoms with van der Waals surface area (Å²) in [6.45, 7) is 2.58. The van der Waals surface area contributed by atoms with Crippen LogP contribution in [0, 0.1) is 0 Å². The standard InChI is InChI=1S/C14H14O4/c1-10(15)18-13-6-7-14(16-8-9-17-14)12-5-3-2-4-11(12)13/h2-6H,7-9H2,1H3. The molecule has 1 aliphatic carbocycles. The molecule has 1 aliphatic heterocycles. The minimum Gasteiger partial charge on any atom is -0.426 e. The number of benzene rings is 1. The molecule has 4 heteroatoms. The highest BCUT2D eigenvalue weighted by molar-refractivity contribution is 5.78. The summed E-state index contributed by atoms with van der Waals surface area (Å²) in [5.74, 6) is -0.427. The fourth-order valence-corrected chi connectivity index (χ4v) is 2.46. The van der Waals surface area contributed by atoms with E-state index in [0.29, 0.717) is 25.4 Å². The molecule has 4 nitrogen and oxygen atoms in total. The Morgan fingerprint density at radius 2 is 2.00 bits per heavy atom. The lowest BCUT2D eigenvalue weighted by Crippen LogP contribution is -2.30. The van der Waals surface area contributed by atoms with E-state index in [1.54, 1.807) is 0 Å². The molecular weight excluding hydrogens is 232 g/mol. The van der Waals surface area contributed by atoms with Gasteiger partial charge in [-0.3, -0.25) is 4.79 Å². The maximum atomic E-state index is 11.1. The van der Waals surface area contributed by atoms with Crippen LogP contribution in [0.4, 0.5) is 0 Å². The van der Waals surface area contributed by atoms with Gasteiger partial charge in [-0.25, -0.2) is 0 Å². The van der Waals surface area contributed by atoms with Crippen molar-refractivity contribution in [3.8, 4) is 0 Å². The first-order chi connectivity index (χ1) is 8.71. The van der Waals surface area contributed by atoms with Crippen molar-refractivity contribution in [3.05, 3.63) is 41.5 Å². The normalized spacial score (nSPS) is 20.4. The van der Waals surface area contributed by atoms with Crippen molar-refractivity contribution in [2.45, 2.75) is 19.1 Å². The molecule has 0 amide bonds. The van der Waals surface area contributed by atoms with Gasteiger partial charge in [0.25, 0.3) is 0 Å². The number of fused-ring (bicyclic) bond motifs is 2. The smallest absolute Gasteiger partial charge is 0.308 e. The van der Waals surface area contributed by atoms with Crippen LogP contribution in [0.5, 0.6) is 0 Å². The zero-order valence-electron chi connectivity index (χ0n) is 10.1. The fourth-order valence-electron chi connectivity index (χ4n) is 2.46. The van der Waals surface area contributed by atoms with Crippen LogP contribution in [0.1, 0.15) is 24.5 Å². The quantitative estimate of drug-likeness (QED) is 0.712. The van der Waals surface area contributed by atoms with E-state index in [4.69, 9.17) is 14.2 Å². The Labute approximate surface area is 105 Å². The second kappa shape index (κ2) is 4.23. The van der Waals surface area contributed by atoms with E-state index in [1.807, 2.05) is 30.3 Å². The van der Waals surface area contributed by atoms with E-state index in [2.05, 4.69) is 0 Å². The number of ether oxygens (including phenoxy) is 3. The molecule has 0 atom stereocenters. The van der Waals surface area contributed by atoms with Gasteiger partial charge in [0.2, 0.25) is 0 Å². The maximum absolute atomic E-state index is 11.1. The third-order valence-corrected chi connectivity index (χ3v) is 3.17. The molecule has 0 bridgehead atoms. The van der Waals surface area contributed by atoms with Gasteiger partial charge in [-0.1, -0.05) is 24.3 Å². The van der Waals surface area contributed by atoms with Crippen LogP contribution in [-0.4, -0.2) is 19.2 Å². The third kappa shape index (κ3) is 1.74. The predicted octanol–water partition coefficient (Wildman–Crippen LogP) is 2.19. The van der Waals surface area contributed by atoms with Crippen molar-refractivity contribution >= 4 is 11.7 Å². The van der Waals surface area contributed by atoms with Gasteiger partial charge < -0.3 is 14.2 Å². The van der Waals surface area contributed by atoms with Crippen LogP contribution in [-0.2, 0) is 24.8 Å². The first kappa shape index (κ1) is 11.4. The summed E-state index contributed by atoms with van der Waals surface area (Å²) in [6, 6.07) is 7.71. The molecule has 0 saturated carbocycles. The van der Waals surface area contributed by atoms with Gasteiger partial charge in [-0.2, -0.15) is 0 Å². The van der Waals surface area contributed by atoms with Crippen LogP contribution in [0.25, 0.3) is 5.76 Å². The molecule has 0 unspecified atom stereocenters. The molecule has 94 valence electrons. The average molecular weight is 246 g/mol. The summed E-state index contributed by atoms with van der Waals surface area (Å²) in [5.41, 5.74) is 1.79. The van der Waals surface area contributed by atoms with Crippen LogP contribution in [0.3, 0.4) is 0 Å². The summed E-state index contributed by atoms with van der Waals surface area (Å²) in [4.78, 5) is 11.1. The highest BCUT2D eigenvalue weighted by Crippen LogP contribution is 2.43. The monoisotopic (exact) mass is 246 g/mol. The number of carbonyl (C=O) groups is 1. The Morgan fingerprint density at radius 3 is 2.72 bits per heavy atom. The molecule has 0 aromatic heterocycles. The number of esters is 1.